The molecule has 1 N–H and O–H groups in total. The Kier molecular flexibility index (Phi) is 3.18. The Balaban J connectivity index is 2.02. The van der Waals surface area contributed by atoms with Gasteiger partial charge in [0.15, 0.2) is 0 Å². The average molecular weight is 198 g/mol. The van der Waals surface area contributed by atoms with Crippen LogP contribution in [0.4, 0.5) is 13.2 Å². The van der Waals surface area contributed by atoms with Gasteiger partial charge in [0.25, 0.3) is 0 Å². The second-order valence-electron chi connectivity index (χ2n) is 3.58. The van der Waals surface area contributed by atoms with E-state index in [1.807, 2.05) is 0 Å². The summed E-state index contributed by atoms with van der Waals surface area (Å²) in [6, 6.07) is 0. The second-order valence-corrected chi connectivity index (χ2v) is 3.58. The van der Waals surface area contributed by atoms with E-state index in [0.717, 1.165) is 12.8 Å². The van der Waals surface area contributed by atoms with Crippen molar-refractivity contribution >= 4 is 0 Å². The Morgan fingerprint density at radius 1 is 1.31 bits per heavy atom. The lowest BCUT2D eigenvalue weighted by atomic mass is 10.1. The lowest BCUT2D eigenvalue weighted by Crippen LogP contribution is -2.19. The molecule has 0 aromatic rings. The van der Waals surface area contributed by atoms with Crippen LogP contribution in [0.5, 0.6) is 0 Å². The summed E-state index contributed by atoms with van der Waals surface area (Å²) >= 11 is 0. The fourth-order valence-corrected chi connectivity index (χ4v) is 1.14. The Bertz CT molecular complexity index is 163. The first-order valence-corrected chi connectivity index (χ1v) is 4.23. The summed E-state index contributed by atoms with van der Waals surface area (Å²) in [4.78, 5) is 0. The van der Waals surface area contributed by atoms with Crippen molar-refractivity contribution in [3.63, 3.8) is 0 Å². The van der Waals surface area contributed by atoms with Crippen molar-refractivity contribution < 1.29 is 23.0 Å². The summed E-state index contributed by atoms with van der Waals surface area (Å²) in [7, 11) is 0. The molecule has 0 saturated heterocycles. The molecule has 1 fully saturated rings. The van der Waals surface area contributed by atoms with E-state index in [1.54, 1.807) is 0 Å². The van der Waals surface area contributed by atoms with Crippen LogP contribution in [0.15, 0.2) is 0 Å². The predicted octanol–water partition coefficient (Wildman–Crippen LogP) is 1.73. The van der Waals surface area contributed by atoms with Crippen molar-refractivity contribution in [2.75, 3.05) is 19.8 Å². The Morgan fingerprint density at radius 3 is 2.31 bits per heavy atom. The number of rotatable bonds is 5. The first-order chi connectivity index (χ1) is 5.97. The van der Waals surface area contributed by atoms with Gasteiger partial charge in [0.1, 0.15) is 6.61 Å². The zero-order valence-corrected chi connectivity index (χ0v) is 7.23. The van der Waals surface area contributed by atoms with Gasteiger partial charge >= 0.3 is 6.18 Å². The van der Waals surface area contributed by atoms with Gasteiger partial charge in [-0.05, 0) is 24.7 Å². The molecule has 1 aliphatic rings. The maximum atomic E-state index is 11.6. The summed E-state index contributed by atoms with van der Waals surface area (Å²) in [5, 5.41) is 8.84. The topological polar surface area (TPSA) is 29.5 Å². The molecule has 78 valence electrons. The van der Waals surface area contributed by atoms with Crippen molar-refractivity contribution in [3.05, 3.63) is 0 Å². The van der Waals surface area contributed by atoms with Gasteiger partial charge in [-0.15, -0.1) is 0 Å². The number of alkyl halides is 3. The van der Waals surface area contributed by atoms with Crippen LogP contribution in [0.2, 0.25) is 0 Å². The van der Waals surface area contributed by atoms with Crippen molar-refractivity contribution in [3.8, 4) is 0 Å². The lowest BCUT2D eigenvalue weighted by molar-refractivity contribution is -0.174. The zero-order valence-electron chi connectivity index (χ0n) is 7.23. The summed E-state index contributed by atoms with van der Waals surface area (Å²) in [6.45, 7) is -1.04. The van der Waals surface area contributed by atoms with Gasteiger partial charge in [0, 0.05) is 13.2 Å². The van der Waals surface area contributed by atoms with E-state index in [2.05, 4.69) is 4.74 Å². The highest BCUT2D eigenvalue weighted by Gasteiger charge is 2.41. The fourth-order valence-electron chi connectivity index (χ4n) is 1.14. The lowest BCUT2D eigenvalue weighted by Gasteiger charge is -2.12. The molecule has 1 saturated carbocycles. The molecule has 0 aromatic heterocycles. The molecule has 2 nitrogen and oxygen atoms in total. The molecule has 0 atom stereocenters. The molecule has 0 aromatic carbocycles. The largest absolute Gasteiger partial charge is 0.411 e. The third-order valence-electron chi connectivity index (χ3n) is 2.33. The van der Waals surface area contributed by atoms with Gasteiger partial charge in [0.2, 0.25) is 0 Å². The predicted molar refractivity (Wildman–Crippen MR) is 40.2 cm³/mol. The number of ether oxygens (including phenoxy) is 1. The third-order valence-corrected chi connectivity index (χ3v) is 2.33. The molecular formula is C8H13F3O2. The van der Waals surface area contributed by atoms with Gasteiger partial charge in [-0.2, -0.15) is 13.2 Å². The van der Waals surface area contributed by atoms with Crippen LogP contribution in [-0.2, 0) is 4.74 Å². The van der Waals surface area contributed by atoms with E-state index in [-0.39, 0.29) is 18.6 Å². The molecule has 0 bridgehead atoms. The number of aliphatic hydroxyl groups is 1. The van der Waals surface area contributed by atoms with Gasteiger partial charge in [0.05, 0.1) is 0 Å². The van der Waals surface area contributed by atoms with Gasteiger partial charge in [-0.25, -0.2) is 0 Å². The summed E-state index contributed by atoms with van der Waals surface area (Å²) < 4.78 is 39.2. The maximum absolute atomic E-state index is 11.6. The molecule has 0 amide bonds. The van der Waals surface area contributed by atoms with Crippen molar-refractivity contribution in [2.24, 2.45) is 5.41 Å². The van der Waals surface area contributed by atoms with Gasteiger partial charge in [-0.1, -0.05) is 0 Å². The van der Waals surface area contributed by atoms with E-state index in [9.17, 15) is 13.2 Å². The molecule has 0 unspecified atom stereocenters. The highest BCUT2D eigenvalue weighted by atomic mass is 19.4. The van der Waals surface area contributed by atoms with Gasteiger partial charge in [-0.3, -0.25) is 0 Å². The molecule has 13 heavy (non-hydrogen) atoms. The maximum Gasteiger partial charge on any atom is 0.411 e. The van der Waals surface area contributed by atoms with E-state index in [1.165, 1.54) is 0 Å². The minimum atomic E-state index is -4.24. The number of aliphatic hydroxyl groups excluding tert-OH is 1. The molecule has 0 heterocycles. The Hall–Kier alpha value is -0.290. The highest BCUT2D eigenvalue weighted by molar-refractivity contribution is 4.91. The molecule has 1 aliphatic carbocycles. The number of halogens is 3. The summed E-state index contributed by atoms with van der Waals surface area (Å²) in [5.74, 6) is 0. The average Bonchev–Trinajstić information content (AvgIpc) is 2.78. The van der Waals surface area contributed by atoms with Crippen LogP contribution in [0.25, 0.3) is 0 Å². The normalized spacial score (nSPS) is 20.3. The SMILES string of the molecule is OCC1(CCOCC(F)(F)F)CC1. The molecule has 0 aliphatic heterocycles. The van der Waals surface area contributed by atoms with E-state index >= 15 is 0 Å². The van der Waals surface area contributed by atoms with Crippen molar-refractivity contribution in [1.82, 2.24) is 0 Å². The smallest absolute Gasteiger partial charge is 0.396 e. The number of hydrogen-bond donors (Lipinski definition) is 1. The van der Waals surface area contributed by atoms with Crippen molar-refractivity contribution in [2.45, 2.75) is 25.4 Å². The summed E-state index contributed by atoms with van der Waals surface area (Å²) in [5.41, 5.74) is -0.119. The fraction of sp³-hybridized carbons (Fsp3) is 1.00. The van der Waals surface area contributed by atoms with E-state index in [0.29, 0.717) is 6.42 Å². The second kappa shape index (κ2) is 3.84. The van der Waals surface area contributed by atoms with Crippen LogP contribution in [0.3, 0.4) is 0 Å². The van der Waals surface area contributed by atoms with Crippen molar-refractivity contribution in [1.29, 1.82) is 0 Å². The van der Waals surface area contributed by atoms with Crippen LogP contribution < -0.4 is 0 Å². The molecule has 0 spiro atoms. The molecule has 1 rings (SSSR count). The first kappa shape index (κ1) is 10.8. The molecular weight excluding hydrogens is 185 g/mol. The monoisotopic (exact) mass is 198 g/mol. The number of hydrogen-bond acceptors (Lipinski definition) is 2. The van der Waals surface area contributed by atoms with Crippen LogP contribution in [-0.4, -0.2) is 31.1 Å². The minimum Gasteiger partial charge on any atom is -0.396 e. The quantitative estimate of drug-likeness (QED) is 0.681. The van der Waals surface area contributed by atoms with E-state index < -0.39 is 12.8 Å². The first-order valence-electron chi connectivity index (χ1n) is 4.23. The van der Waals surface area contributed by atoms with Crippen LogP contribution in [0.1, 0.15) is 19.3 Å². The third kappa shape index (κ3) is 3.95. The zero-order chi connectivity index (χ0) is 9.95. The standard InChI is InChI=1S/C8H13F3O2/c9-8(10,11)6-13-4-3-7(5-12)1-2-7/h12H,1-6H2. The molecule has 5 heteroatoms. The Labute approximate surface area is 74.7 Å². The van der Waals surface area contributed by atoms with Gasteiger partial charge < -0.3 is 9.84 Å². The van der Waals surface area contributed by atoms with Crippen LogP contribution in [0, 0.1) is 5.41 Å². The molecule has 0 radical (unpaired) electrons. The minimum absolute atomic E-state index is 0.0579. The highest BCUT2D eigenvalue weighted by Crippen LogP contribution is 2.48. The summed E-state index contributed by atoms with van der Waals surface area (Å²) in [6.07, 6.45) is -1.91. The van der Waals surface area contributed by atoms with Crippen LogP contribution >= 0.6 is 0 Å². The Morgan fingerprint density at radius 2 is 1.92 bits per heavy atom. The van der Waals surface area contributed by atoms with E-state index in [4.69, 9.17) is 5.11 Å².